The van der Waals surface area contributed by atoms with Crippen LogP contribution in [0.4, 0.5) is 0 Å². The summed E-state index contributed by atoms with van der Waals surface area (Å²) in [4.78, 5) is 25.9. The molecule has 0 radical (unpaired) electrons. The lowest BCUT2D eigenvalue weighted by Crippen LogP contribution is -2.38. The second-order valence-electron chi connectivity index (χ2n) is 8.41. The number of carbonyl (C=O) groups is 2. The molecule has 27 heavy (non-hydrogen) atoms. The van der Waals surface area contributed by atoms with Gasteiger partial charge in [-0.2, -0.15) is 0 Å². The number of hydrogen-bond donors (Lipinski definition) is 2. The minimum atomic E-state index is -2.72. The zero-order chi connectivity index (χ0) is 20.6. The van der Waals surface area contributed by atoms with Crippen LogP contribution in [0.25, 0.3) is 0 Å². The lowest BCUT2D eigenvalue weighted by atomic mass is 10.1. The van der Waals surface area contributed by atoms with Gasteiger partial charge in [0.05, 0.1) is 5.25 Å². The van der Waals surface area contributed by atoms with Crippen LogP contribution in [-0.4, -0.2) is 53.0 Å². The normalized spacial score (nSPS) is 20.3. The van der Waals surface area contributed by atoms with E-state index in [1.165, 1.54) is 4.90 Å². The Bertz CT molecular complexity index is 540. The molecule has 1 rings (SSSR count). The standard InChI is InChI=1S/C19H38N3O3PS/c1-14(2)7-9-20-26(25,12-8-15(3)4)21-10-11-22-18(23)13-17(19(22)24)27-16(5)6/h14-17H,7-13H2,1-6H3,(H2,20,21,25). The van der Waals surface area contributed by atoms with Crippen molar-refractivity contribution >= 4 is 31.0 Å². The summed E-state index contributed by atoms with van der Waals surface area (Å²) in [5, 5.41) is 6.40. The number of amides is 2. The fourth-order valence-electron chi connectivity index (χ4n) is 2.85. The summed E-state index contributed by atoms with van der Waals surface area (Å²) in [6, 6.07) is 0. The van der Waals surface area contributed by atoms with E-state index in [9.17, 15) is 14.2 Å². The molecule has 6 nitrogen and oxygen atoms in total. The number of nitrogens with one attached hydrogen (secondary N) is 2. The van der Waals surface area contributed by atoms with E-state index in [1.54, 1.807) is 11.8 Å². The van der Waals surface area contributed by atoms with Crippen molar-refractivity contribution in [1.29, 1.82) is 0 Å². The van der Waals surface area contributed by atoms with Gasteiger partial charge in [-0.1, -0.05) is 41.5 Å². The molecule has 0 aromatic heterocycles. The van der Waals surface area contributed by atoms with E-state index in [1.807, 2.05) is 13.8 Å². The van der Waals surface area contributed by atoms with Crippen molar-refractivity contribution in [1.82, 2.24) is 15.1 Å². The largest absolute Gasteiger partial charge is 0.289 e. The summed E-state index contributed by atoms with van der Waals surface area (Å²) in [7, 11) is -2.72. The van der Waals surface area contributed by atoms with Crippen molar-refractivity contribution in [3.8, 4) is 0 Å². The first-order chi connectivity index (χ1) is 12.5. The third-order valence-corrected chi connectivity index (χ3v) is 8.05. The van der Waals surface area contributed by atoms with Crippen LogP contribution in [0.5, 0.6) is 0 Å². The Balaban J connectivity index is 2.57. The van der Waals surface area contributed by atoms with Gasteiger partial charge in [0.25, 0.3) is 0 Å². The fourth-order valence-corrected chi connectivity index (χ4v) is 6.25. The lowest BCUT2D eigenvalue weighted by molar-refractivity contribution is -0.138. The Kier molecular flexibility index (Phi) is 10.6. The SMILES string of the molecule is CC(C)CCNP(=O)(CCC(C)C)NCCN1C(=O)CC(SC(C)C)C1=O. The molecule has 2 N–H and O–H groups in total. The van der Waals surface area contributed by atoms with E-state index in [4.69, 9.17) is 0 Å². The third kappa shape index (κ3) is 9.12. The molecule has 0 spiro atoms. The highest BCUT2D eigenvalue weighted by atomic mass is 32.2. The van der Waals surface area contributed by atoms with E-state index in [-0.39, 0.29) is 30.0 Å². The quantitative estimate of drug-likeness (QED) is 0.350. The number of hydrogen-bond acceptors (Lipinski definition) is 4. The second kappa shape index (κ2) is 11.6. The Morgan fingerprint density at radius 3 is 2.19 bits per heavy atom. The highest BCUT2D eigenvalue weighted by molar-refractivity contribution is 8.01. The molecule has 0 aliphatic carbocycles. The van der Waals surface area contributed by atoms with Crippen LogP contribution in [-0.2, 0) is 14.2 Å². The Morgan fingerprint density at radius 2 is 1.63 bits per heavy atom. The van der Waals surface area contributed by atoms with E-state index in [0.717, 1.165) is 12.8 Å². The Hall–Kier alpha value is -0.360. The smallest absolute Gasteiger partial charge is 0.242 e. The average Bonchev–Trinajstić information content (AvgIpc) is 2.79. The summed E-state index contributed by atoms with van der Waals surface area (Å²) in [5.74, 6) is 0.795. The molecule has 0 aromatic rings. The van der Waals surface area contributed by atoms with E-state index >= 15 is 0 Å². The molecule has 2 atom stereocenters. The van der Waals surface area contributed by atoms with Gasteiger partial charge in [0.15, 0.2) is 0 Å². The van der Waals surface area contributed by atoms with Crippen molar-refractivity contribution in [3.63, 3.8) is 0 Å². The zero-order valence-electron chi connectivity index (χ0n) is 17.8. The molecule has 2 amide bonds. The molecule has 1 fully saturated rings. The minimum Gasteiger partial charge on any atom is -0.289 e. The molecular weight excluding hydrogens is 381 g/mol. The van der Waals surface area contributed by atoms with E-state index < -0.39 is 7.44 Å². The number of imide groups is 1. The molecule has 8 heteroatoms. The number of carbonyl (C=O) groups excluding carboxylic acids is 2. The number of rotatable bonds is 13. The van der Waals surface area contributed by atoms with Gasteiger partial charge < -0.3 is 0 Å². The van der Waals surface area contributed by atoms with Gasteiger partial charge in [0.2, 0.25) is 19.3 Å². The van der Waals surface area contributed by atoms with Crippen LogP contribution < -0.4 is 10.2 Å². The molecule has 1 aliphatic heterocycles. The van der Waals surface area contributed by atoms with Crippen molar-refractivity contribution < 1.29 is 14.2 Å². The average molecular weight is 420 g/mol. The Morgan fingerprint density at radius 1 is 1.04 bits per heavy atom. The maximum Gasteiger partial charge on any atom is 0.242 e. The van der Waals surface area contributed by atoms with Crippen molar-refractivity contribution in [3.05, 3.63) is 0 Å². The summed E-state index contributed by atoms with van der Waals surface area (Å²) >= 11 is 1.54. The van der Waals surface area contributed by atoms with Gasteiger partial charge in [-0.25, -0.2) is 0 Å². The zero-order valence-corrected chi connectivity index (χ0v) is 19.5. The molecule has 158 valence electrons. The molecular formula is C19H38N3O3PS. The van der Waals surface area contributed by atoms with Crippen LogP contribution in [0.2, 0.25) is 0 Å². The van der Waals surface area contributed by atoms with Gasteiger partial charge in [-0.05, 0) is 29.9 Å². The van der Waals surface area contributed by atoms with Crippen molar-refractivity contribution in [2.24, 2.45) is 11.8 Å². The molecule has 1 saturated heterocycles. The summed E-state index contributed by atoms with van der Waals surface area (Å²) in [5.41, 5.74) is 0. The first-order valence-electron chi connectivity index (χ1n) is 10.1. The van der Waals surface area contributed by atoms with Crippen LogP contribution in [0.1, 0.15) is 60.8 Å². The van der Waals surface area contributed by atoms with Crippen LogP contribution in [0.3, 0.4) is 0 Å². The molecule has 0 saturated carbocycles. The van der Waals surface area contributed by atoms with E-state index in [0.29, 0.717) is 36.3 Å². The molecule has 0 bridgehead atoms. The lowest BCUT2D eigenvalue weighted by Gasteiger charge is -2.24. The van der Waals surface area contributed by atoms with Crippen LogP contribution in [0.15, 0.2) is 0 Å². The fraction of sp³-hybridized carbons (Fsp3) is 0.895. The molecule has 1 heterocycles. The predicted octanol–water partition coefficient (Wildman–Crippen LogP) is 3.72. The number of thioether (sulfide) groups is 1. The minimum absolute atomic E-state index is 0.106. The number of likely N-dealkylation sites (tertiary alicyclic amines) is 1. The Labute approximate surface area is 169 Å². The maximum absolute atomic E-state index is 13.2. The highest BCUT2D eigenvalue weighted by Crippen LogP contribution is 2.37. The van der Waals surface area contributed by atoms with Crippen molar-refractivity contribution in [2.45, 2.75) is 71.3 Å². The van der Waals surface area contributed by atoms with Gasteiger partial charge >= 0.3 is 0 Å². The first-order valence-corrected chi connectivity index (χ1v) is 13.0. The maximum atomic E-state index is 13.2. The first kappa shape index (κ1) is 24.7. The summed E-state index contributed by atoms with van der Waals surface area (Å²) in [6.45, 7) is 13.9. The highest BCUT2D eigenvalue weighted by Gasteiger charge is 2.39. The predicted molar refractivity (Wildman–Crippen MR) is 115 cm³/mol. The molecule has 1 aliphatic rings. The topological polar surface area (TPSA) is 78.5 Å². The van der Waals surface area contributed by atoms with Gasteiger partial charge in [-0.15, -0.1) is 11.8 Å². The van der Waals surface area contributed by atoms with E-state index in [2.05, 4.69) is 37.9 Å². The third-order valence-electron chi connectivity index (χ3n) is 4.45. The summed E-state index contributed by atoms with van der Waals surface area (Å²) in [6.07, 6.45) is 2.69. The van der Waals surface area contributed by atoms with Crippen LogP contribution in [0, 0.1) is 11.8 Å². The number of nitrogens with zero attached hydrogens (tertiary/aromatic N) is 1. The molecule has 2 unspecified atom stereocenters. The van der Waals surface area contributed by atoms with Gasteiger partial charge in [0.1, 0.15) is 0 Å². The van der Waals surface area contributed by atoms with Crippen LogP contribution >= 0.6 is 19.2 Å². The van der Waals surface area contributed by atoms with Crippen molar-refractivity contribution in [2.75, 3.05) is 25.8 Å². The van der Waals surface area contributed by atoms with Gasteiger partial charge in [-0.3, -0.25) is 29.2 Å². The summed E-state index contributed by atoms with van der Waals surface area (Å²) < 4.78 is 13.2. The van der Waals surface area contributed by atoms with Gasteiger partial charge in [0, 0.05) is 32.2 Å². The monoisotopic (exact) mass is 419 g/mol. The molecule has 0 aromatic carbocycles. The second-order valence-corrected chi connectivity index (χ2v) is 12.7.